The average molecular weight is 134 g/mol. The minimum atomic E-state index is 0.691. The highest BCUT2D eigenvalue weighted by atomic mass is 32.1. The quantitative estimate of drug-likeness (QED) is 0.497. The van der Waals surface area contributed by atoms with Crippen molar-refractivity contribution in [2.24, 2.45) is 0 Å². The topological polar surface area (TPSA) is 36.7 Å². The van der Waals surface area contributed by atoms with Gasteiger partial charge in [-0.25, -0.2) is 4.98 Å². The van der Waals surface area contributed by atoms with E-state index in [0.717, 1.165) is 0 Å². The van der Waals surface area contributed by atoms with E-state index in [-0.39, 0.29) is 0 Å². The van der Waals surface area contributed by atoms with Crippen molar-refractivity contribution in [2.75, 3.05) is 0 Å². The first-order valence-electron chi connectivity index (χ1n) is 2.23. The molecule has 0 aliphatic heterocycles. The second-order valence-electron chi connectivity index (χ2n) is 1.20. The molecule has 42 valence electrons. The number of nitrogens with zero attached hydrogens (tertiary/aromatic N) is 2. The van der Waals surface area contributed by atoms with E-state index in [2.05, 4.69) is 16.8 Å². The van der Waals surface area contributed by atoms with Crippen molar-refractivity contribution in [3.63, 3.8) is 0 Å². The van der Waals surface area contributed by atoms with Crippen LogP contribution in [0, 0.1) is 23.2 Å². The highest BCUT2D eigenvalue weighted by molar-refractivity contribution is 7.10. The van der Waals surface area contributed by atoms with Gasteiger partial charge in [0.15, 0.2) is 11.1 Å². The van der Waals surface area contributed by atoms with Gasteiger partial charge in [0.25, 0.3) is 0 Å². The number of hydrogen-bond acceptors (Lipinski definition) is 3. The summed E-state index contributed by atoms with van der Waals surface area (Å²) < 4.78 is 0. The monoisotopic (exact) mass is 134 g/mol. The molecule has 3 heteroatoms. The van der Waals surface area contributed by atoms with Gasteiger partial charge in [0.1, 0.15) is 0 Å². The summed E-state index contributed by atoms with van der Waals surface area (Å²) in [6.45, 7) is 0. The third-order valence-corrected chi connectivity index (χ3v) is 1.35. The molecule has 1 aromatic heterocycles. The number of rotatable bonds is 0. The number of hydrogen-bond donors (Lipinski definition) is 0. The van der Waals surface area contributed by atoms with Crippen LogP contribution in [-0.2, 0) is 0 Å². The van der Waals surface area contributed by atoms with Gasteiger partial charge in [0.2, 0.25) is 0 Å². The summed E-state index contributed by atoms with van der Waals surface area (Å²) in [5.41, 5.74) is 0. The second-order valence-corrected chi connectivity index (χ2v) is 2.09. The van der Waals surface area contributed by atoms with E-state index in [1.165, 1.54) is 11.3 Å². The molecule has 0 bridgehead atoms. The van der Waals surface area contributed by atoms with Gasteiger partial charge in [-0.15, -0.1) is 11.3 Å². The molecule has 2 nitrogen and oxygen atoms in total. The zero-order chi connectivity index (χ0) is 6.53. The minimum Gasteiger partial charge on any atom is -0.236 e. The Hall–Kier alpha value is -1.32. The fourth-order valence-corrected chi connectivity index (χ4v) is 0.849. The minimum absolute atomic E-state index is 0.691. The molecule has 0 aromatic carbocycles. The summed E-state index contributed by atoms with van der Waals surface area (Å²) in [7, 11) is 0. The van der Waals surface area contributed by atoms with Crippen molar-refractivity contribution < 1.29 is 0 Å². The maximum Gasteiger partial charge on any atom is 0.167 e. The Kier molecular flexibility index (Phi) is 1.85. The van der Waals surface area contributed by atoms with E-state index in [9.17, 15) is 0 Å². The Morgan fingerprint density at radius 1 is 1.67 bits per heavy atom. The molecule has 0 aliphatic carbocycles. The van der Waals surface area contributed by atoms with Crippen molar-refractivity contribution in [1.82, 2.24) is 4.98 Å². The van der Waals surface area contributed by atoms with Crippen LogP contribution in [0.3, 0.4) is 0 Å². The molecular formula is C6H2N2S. The lowest BCUT2D eigenvalue weighted by atomic mass is 10.6. The summed E-state index contributed by atoms with van der Waals surface area (Å²) in [6.07, 6.45) is 1.66. The Labute approximate surface area is 56.8 Å². The largest absolute Gasteiger partial charge is 0.236 e. The zero-order valence-corrected chi connectivity index (χ0v) is 5.27. The molecule has 0 amide bonds. The van der Waals surface area contributed by atoms with E-state index in [4.69, 9.17) is 5.26 Å². The fraction of sp³-hybridized carbons (Fsp3) is 0. The highest BCUT2D eigenvalue weighted by Gasteiger charge is 1.83. The third kappa shape index (κ3) is 1.56. The maximum atomic E-state index is 8.02. The highest BCUT2D eigenvalue weighted by Crippen LogP contribution is 1.99. The molecule has 1 aromatic rings. The third-order valence-electron chi connectivity index (χ3n) is 0.658. The zero-order valence-electron chi connectivity index (χ0n) is 4.46. The SMILES string of the molecule is N#CC#Cc1nccs1. The maximum absolute atomic E-state index is 8.02. The van der Waals surface area contributed by atoms with Crippen LogP contribution >= 0.6 is 11.3 Å². The molecule has 0 fully saturated rings. The van der Waals surface area contributed by atoms with Crippen molar-refractivity contribution in [1.29, 1.82) is 5.26 Å². The Morgan fingerprint density at radius 2 is 2.56 bits per heavy atom. The van der Waals surface area contributed by atoms with Crippen LogP contribution in [0.5, 0.6) is 0 Å². The van der Waals surface area contributed by atoms with Gasteiger partial charge in [-0.05, 0) is 5.92 Å². The standard InChI is InChI=1S/C6H2N2S/c7-3-1-2-6-8-4-5-9-6/h4-5H. The molecule has 0 saturated carbocycles. The van der Waals surface area contributed by atoms with E-state index in [1.807, 2.05) is 5.38 Å². The van der Waals surface area contributed by atoms with Gasteiger partial charge >= 0.3 is 0 Å². The van der Waals surface area contributed by atoms with Crippen LogP contribution in [0.2, 0.25) is 0 Å². The van der Waals surface area contributed by atoms with Crippen LogP contribution < -0.4 is 0 Å². The molecule has 1 rings (SSSR count). The summed E-state index contributed by atoms with van der Waals surface area (Å²) in [5.74, 6) is 4.82. The number of nitriles is 1. The van der Waals surface area contributed by atoms with E-state index < -0.39 is 0 Å². The molecule has 0 radical (unpaired) electrons. The number of thiazole rings is 1. The molecule has 9 heavy (non-hydrogen) atoms. The van der Waals surface area contributed by atoms with Crippen molar-refractivity contribution in [3.05, 3.63) is 16.6 Å². The first-order chi connectivity index (χ1) is 4.43. The van der Waals surface area contributed by atoms with Crippen LogP contribution in [0.4, 0.5) is 0 Å². The smallest absolute Gasteiger partial charge is 0.167 e. The van der Waals surface area contributed by atoms with Gasteiger partial charge in [0, 0.05) is 17.5 Å². The molecular weight excluding hydrogens is 132 g/mol. The Balaban J connectivity index is 2.82. The molecule has 0 spiro atoms. The summed E-state index contributed by atoms with van der Waals surface area (Å²) >= 11 is 1.43. The summed E-state index contributed by atoms with van der Waals surface area (Å²) in [4.78, 5) is 3.85. The number of aromatic nitrogens is 1. The fourth-order valence-electron chi connectivity index (χ4n) is 0.367. The summed E-state index contributed by atoms with van der Waals surface area (Å²) in [6, 6.07) is 1.71. The van der Waals surface area contributed by atoms with E-state index >= 15 is 0 Å². The van der Waals surface area contributed by atoms with Crippen molar-refractivity contribution in [3.8, 4) is 17.9 Å². The first kappa shape index (κ1) is 5.81. The lowest BCUT2D eigenvalue weighted by molar-refractivity contribution is 1.39. The van der Waals surface area contributed by atoms with Crippen LogP contribution in [0.1, 0.15) is 5.01 Å². The van der Waals surface area contributed by atoms with Gasteiger partial charge in [0.05, 0.1) is 0 Å². The average Bonchev–Trinajstić information content (AvgIpc) is 2.34. The molecule has 0 N–H and O–H groups in total. The van der Waals surface area contributed by atoms with Crippen LogP contribution in [0.25, 0.3) is 0 Å². The van der Waals surface area contributed by atoms with E-state index in [0.29, 0.717) is 5.01 Å². The first-order valence-corrected chi connectivity index (χ1v) is 3.11. The van der Waals surface area contributed by atoms with Crippen molar-refractivity contribution >= 4 is 11.3 Å². The molecule has 0 atom stereocenters. The lowest BCUT2D eigenvalue weighted by Gasteiger charge is -1.67. The lowest BCUT2D eigenvalue weighted by Crippen LogP contribution is -1.64. The van der Waals surface area contributed by atoms with Crippen LogP contribution in [-0.4, -0.2) is 4.98 Å². The molecule has 0 unspecified atom stereocenters. The van der Waals surface area contributed by atoms with Gasteiger partial charge < -0.3 is 0 Å². The predicted molar refractivity (Wildman–Crippen MR) is 34.6 cm³/mol. The summed E-state index contributed by atoms with van der Waals surface area (Å²) in [5, 5.41) is 10.5. The van der Waals surface area contributed by atoms with Gasteiger partial charge in [-0.1, -0.05) is 0 Å². The Morgan fingerprint density at radius 3 is 3.11 bits per heavy atom. The van der Waals surface area contributed by atoms with Gasteiger partial charge in [-0.3, -0.25) is 0 Å². The normalized spacial score (nSPS) is 7.00. The molecule has 0 saturated heterocycles. The van der Waals surface area contributed by atoms with Gasteiger partial charge in [-0.2, -0.15) is 5.26 Å². The predicted octanol–water partition coefficient (Wildman–Crippen LogP) is 1.02. The van der Waals surface area contributed by atoms with Crippen LogP contribution in [0.15, 0.2) is 11.6 Å². The molecule has 0 aliphatic rings. The van der Waals surface area contributed by atoms with E-state index in [1.54, 1.807) is 12.3 Å². The molecule has 1 heterocycles. The van der Waals surface area contributed by atoms with Crippen molar-refractivity contribution in [2.45, 2.75) is 0 Å². The second kappa shape index (κ2) is 2.86. The Bertz CT molecular complexity index is 270.